The lowest BCUT2D eigenvalue weighted by Crippen LogP contribution is -2.41. The van der Waals surface area contributed by atoms with Gasteiger partial charge in [-0.25, -0.2) is 4.79 Å². The number of rotatable bonds is 6. The number of benzene rings is 2. The molecule has 2 N–H and O–H groups in total. The number of hydrogen-bond donors (Lipinski definition) is 2. The van der Waals surface area contributed by atoms with Gasteiger partial charge in [0.15, 0.2) is 0 Å². The van der Waals surface area contributed by atoms with Crippen molar-refractivity contribution in [1.82, 2.24) is 10.2 Å². The summed E-state index contributed by atoms with van der Waals surface area (Å²) < 4.78 is 10.9. The Morgan fingerprint density at radius 1 is 1.11 bits per heavy atom. The average molecular weight is 477 g/mol. The SMILES string of the molecule is CCc1ccc(C(=O)N2CCC(c3ccc(C#N)cc3)CC2)cc1NC(=O)NCC1COCCO1. The largest absolute Gasteiger partial charge is 0.376 e. The molecule has 1 unspecified atom stereocenters. The lowest BCUT2D eigenvalue weighted by atomic mass is 9.89. The van der Waals surface area contributed by atoms with Crippen molar-refractivity contribution < 1.29 is 19.1 Å². The molecule has 35 heavy (non-hydrogen) atoms. The predicted octanol–water partition coefficient (Wildman–Crippen LogP) is 3.68. The van der Waals surface area contributed by atoms with Crippen molar-refractivity contribution in [3.05, 3.63) is 64.7 Å². The van der Waals surface area contributed by atoms with Crippen LogP contribution in [-0.4, -0.2) is 62.4 Å². The average Bonchev–Trinajstić information content (AvgIpc) is 2.92. The summed E-state index contributed by atoms with van der Waals surface area (Å²) in [5.41, 5.74) is 4.05. The van der Waals surface area contributed by atoms with Crippen LogP contribution in [0.25, 0.3) is 0 Å². The van der Waals surface area contributed by atoms with Crippen LogP contribution in [0.4, 0.5) is 10.5 Å². The third kappa shape index (κ3) is 6.38. The lowest BCUT2D eigenvalue weighted by Gasteiger charge is -2.32. The van der Waals surface area contributed by atoms with Gasteiger partial charge >= 0.3 is 6.03 Å². The summed E-state index contributed by atoms with van der Waals surface area (Å²) in [6.45, 7) is 5.30. The number of likely N-dealkylation sites (tertiary alicyclic amines) is 1. The van der Waals surface area contributed by atoms with Gasteiger partial charge in [-0.15, -0.1) is 0 Å². The number of hydrogen-bond acceptors (Lipinski definition) is 5. The van der Waals surface area contributed by atoms with Gasteiger partial charge in [0.1, 0.15) is 0 Å². The molecule has 0 aromatic heterocycles. The molecule has 2 heterocycles. The van der Waals surface area contributed by atoms with E-state index in [0.29, 0.717) is 62.2 Å². The van der Waals surface area contributed by atoms with Crippen LogP contribution in [0.15, 0.2) is 42.5 Å². The van der Waals surface area contributed by atoms with E-state index in [1.807, 2.05) is 48.2 Å². The number of nitrogens with zero attached hydrogens (tertiary/aromatic N) is 2. The first-order chi connectivity index (χ1) is 17.1. The Morgan fingerprint density at radius 3 is 2.54 bits per heavy atom. The first-order valence-corrected chi connectivity index (χ1v) is 12.2. The molecule has 0 aliphatic carbocycles. The second kappa shape index (κ2) is 11.8. The summed E-state index contributed by atoms with van der Waals surface area (Å²) in [7, 11) is 0. The van der Waals surface area contributed by atoms with Crippen molar-refractivity contribution in [1.29, 1.82) is 5.26 Å². The highest BCUT2D eigenvalue weighted by Crippen LogP contribution is 2.29. The first-order valence-electron chi connectivity index (χ1n) is 12.2. The lowest BCUT2D eigenvalue weighted by molar-refractivity contribution is -0.0852. The highest BCUT2D eigenvalue weighted by Gasteiger charge is 2.25. The Balaban J connectivity index is 1.35. The van der Waals surface area contributed by atoms with Crippen molar-refractivity contribution in [3.63, 3.8) is 0 Å². The molecule has 8 nitrogen and oxygen atoms in total. The molecule has 2 aromatic carbocycles. The van der Waals surface area contributed by atoms with Crippen molar-refractivity contribution >= 4 is 17.6 Å². The minimum Gasteiger partial charge on any atom is -0.376 e. The predicted molar refractivity (Wildman–Crippen MR) is 132 cm³/mol. The van der Waals surface area contributed by atoms with Gasteiger partial charge in [0.05, 0.1) is 37.6 Å². The van der Waals surface area contributed by atoms with E-state index in [-0.39, 0.29) is 18.0 Å². The molecular formula is C27H32N4O4. The molecule has 3 amide bonds. The molecule has 0 bridgehead atoms. The fourth-order valence-corrected chi connectivity index (χ4v) is 4.59. The third-order valence-electron chi connectivity index (χ3n) is 6.65. The van der Waals surface area contributed by atoms with E-state index in [2.05, 4.69) is 16.7 Å². The van der Waals surface area contributed by atoms with Gasteiger partial charge < -0.3 is 25.0 Å². The van der Waals surface area contributed by atoms with E-state index < -0.39 is 0 Å². The molecule has 2 saturated heterocycles. The Bertz CT molecular complexity index is 1070. The maximum atomic E-state index is 13.2. The number of aryl methyl sites for hydroxylation is 1. The molecule has 0 radical (unpaired) electrons. The van der Waals surface area contributed by atoms with Crippen LogP contribution in [0.1, 0.15) is 52.7 Å². The second-order valence-corrected chi connectivity index (χ2v) is 8.93. The standard InChI is InChI=1S/C27H32N4O4/c1-2-20-7-8-23(15-25(20)30-27(33)29-17-24-18-34-13-14-35-24)26(32)31-11-9-22(10-12-31)21-5-3-19(16-28)4-6-21/h3-8,15,22,24H,2,9-14,17-18H2,1H3,(H2,29,30,33). The van der Waals surface area contributed by atoms with Crippen LogP contribution < -0.4 is 10.6 Å². The first kappa shape index (κ1) is 24.7. The van der Waals surface area contributed by atoms with Gasteiger partial charge in [-0.1, -0.05) is 25.1 Å². The maximum Gasteiger partial charge on any atom is 0.319 e. The minimum absolute atomic E-state index is 0.0258. The normalized spacial score (nSPS) is 18.5. The van der Waals surface area contributed by atoms with Crippen LogP contribution in [0.2, 0.25) is 0 Å². The fourth-order valence-electron chi connectivity index (χ4n) is 4.59. The van der Waals surface area contributed by atoms with E-state index in [1.54, 1.807) is 6.07 Å². The minimum atomic E-state index is -0.332. The van der Waals surface area contributed by atoms with Crippen molar-refractivity contribution in [2.75, 3.05) is 44.8 Å². The number of ether oxygens (including phenoxy) is 2. The number of nitrogens with one attached hydrogen (secondary N) is 2. The third-order valence-corrected chi connectivity index (χ3v) is 6.65. The van der Waals surface area contributed by atoms with Crippen LogP contribution >= 0.6 is 0 Å². The zero-order valence-corrected chi connectivity index (χ0v) is 20.1. The molecule has 2 aliphatic rings. The van der Waals surface area contributed by atoms with Crippen LogP contribution in [0, 0.1) is 11.3 Å². The molecule has 2 aromatic rings. The van der Waals surface area contributed by atoms with E-state index >= 15 is 0 Å². The molecule has 8 heteroatoms. The topological polar surface area (TPSA) is 104 Å². The smallest absolute Gasteiger partial charge is 0.319 e. The molecule has 1 atom stereocenters. The van der Waals surface area contributed by atoms with Gasteiger partial charge in [-0.2, -0.15) is 5.26 Å². The van der Waals surface area contributed by atoms with Gasteiger partial charge in [-0.3, -0.25) is 4.79 Å². The van der Waals surface area contributed by atoms with Gasteiger partial charge in [0.25, 0.3) is 5.91 Å². The molecule has 4 rings (SSSR count). The van der Waals surface area contributed by atoms with Crippen LogP contribution in [0.5, 0.6) is 0 Å². The van der Waals surface area contributed by atoms with Crippen molar-refractivity contribution in [2.24, 2.45) is 0 Å². The highest BCUT2D eigenvalue weighted by molar-refractivity contribution is 5.97. The zero-order chi connectivity index (χ0) is 24.6. The molecular weight excluding hydrogens is 444 g/mol. The van der Waals surface area contributed by atoms with Gasteiger partial charge in [0.2, 0.25) is 0 Å². The number of carbonyl (C=O) groups is 2. The maximum absolute atomic E-state index is 13.2. The Labute approximate surface area is 206 Å². The monoisotopic (exact) mass is 476 g/mol. The Kier molecular flexibility index (Phi) is 8.35. The van der Waals surface area contributed by atoms with Gasteiger partial charge in [0, 0.05) is 30.9 Å². The summed E-state index contributed by atoms with van der Waals surface area (Å²) in [6.07, 6.45) is 2.34. The number of amides is 3. The Hall–Kier alpha value is -3.41. The molecule has 0 spiro atoms. The number of anilines is 1. The molecule has 184 valence electrons. The fraction of sp³-hybridized carbons (Fsp3) is 0.444. The zero-order valence-electron chi connectivity index (χ0n) is 20.1. The number of carbonyl (C=O) groups excluding carboxylic acids is 2. The van der Waals surface area contributed by atoms with E-state index in [0.717, 1.165) is 24.8 Å². The number of nitriles is 1. The van der Waals surface area contributed by atoms with E-state index in [1.165, 1.54) is 5.56 Å². The summed E-state index contributed by atoms with van der Waals surface area (Å²) in [5.74, 6) is 0.357. The molecule has 2 aliphatic heterocycles. The van der Waals surface area contributed by atoms with Crippen molar-refractivity contribution in [3.8, 4) is 6.07 Å². The quantitative estimate of drug-likeness (QED) is 0.662. The summed E-state index contributed by atoms with van der Waals surface area (Å²) in [4.78, 5) is 27.6. The number of piperidine rings is 1. The van der Waals surface area contributed by atoms with Crippen LogP contribution in [-0.2, 0) is 15.9 Å². The Morgan fingerprint density at radius 2 is 1.89 bits per heavy atom. The highest BCUT2D eigenvalue weighted by atomic mass is 16.6. The molecule has 2 fully saturated rings. The van der Waals surface area contributed by atoms with E-state index in [4.69, 9.17) is 14.7 Å². The summed E-state index contributed by atoms with van der Waals surface area (Å²) in [6, 6.07) is 15.1. The van der Waals surface area contributed by atoms with Gasteiger partial charge in [-0.05, 0) is 60.6 Å². The summed E-state index contributed by atoms with van der Waals surface area (Å²) >= 11 is 0. The number of urea groups is 1. The van der Waals surface area contributed by atoms with Crippen molar-refractivity contribution in [2.45, 2.75) is 38.2 Å². The van der Waals surface area contributed by atoms with Crippen LogP contribution in [0.3, 0.4) is 0 Å². The van der Waals surface area contributed by atoms with E-state index in [9.17, 15) is 9.59 Å². The molecule has 0 saturated carbocycles. The summed E-state index contributed by atoms with van der Waals surface area (Å²) in [5, 5.41) is 14.7. The second-order valence-electron chi connectivity index (χ2n) is 8.93.